The standard InChI is InChI=1S/C13H19NS/c1-13(14-7-2-3-8-14)6-4-11-5-9-15-12(11)10-13/h5,9H,2-4,6-8,10H2,1H3. The molecule has 0 spiro atoms. The fourth-order valence-electron chi connectivity index (χ4n) is 3.11. The zero-order chi connectivity index (χ0) is 10.3. The van der Waals surface area contributed by atoms with E-state index in [2.05, 4.69) is 23.3 Å². The highest BCUT2D eigenvalue weighted by Gasteiger charge is 2.36. The van der Waals surface area contributed by atoms with E-state index in [4.69, 9.17) is 0 Å². The lowest BCUT2D eigenvalue weighted by atomic mass is 9.82. The van der Waals surface area contributed by atoms with E-state index < -0.39 is 0 Å². The van der Waals surface area contributed by atoms with E-state index in [9.17, 15) is 0 Å². The Bertz CT molecular complexity index is 351. The highest BCUT2D eigenvalue weighted by atomic mass is 32.1. The summed E-state index contributed by atoms with van der Waals surface area (Å²) in [6.45, 7) is 5.13. The lowest BCUT2D eigenvalue weighted by Crippen LogP contribution is -2.48. The largest absolute Gasteiger partial charge is 0.298 e. The highest BCUT2D eigenvalue weighted by Crippen LogP contribution is 2.37. The fraction of sp³-hybridized carbons (Fsp3) is 0.692. The molecule has 0 radical (unpaired) electrons. The number of hydrogen-bond donors (Lipinski definition) is 0. The van der Waals surface area contributed by atoms with Crippen LogP contribution >= 0.6 is 11.3 Å². The molecule has 2 heterocycles. The number of fused-ring (bicyclic) bond motifs is 1. The Morgan fingerprint density at radius 3 is 2.93 bits per heavy atom. The van der Waals surface area contributed by atoms with Crippen LogP contribution in [-0.4, -0.2) is 23.5 Å². The maximum Gasteiger partial charge on any atom is 0.0232 e. The van der Waals surface area contributed by atoms with Crippen molar-refractivity contribution in [3.8, 4) is 0 Å². The molecule has 1 atom stereocenters. The van der Waals surface area contributed by atoms with Crippen molar-refractivity contribution < 1.29 is 0 Å². The first-order valence-electron chi connectivity index (χ1n) is 6.08. The fourth-order valence-corrected chi connectivity index (χ4v) is 4.22. The summed E-state index contributed by atoms with van der Waals surface area (Å²) in [5, 5.41) is 2.26. The number of thiophene rings is 1. The topological polar surface area (TPSA) is 3.24 Å². The average molecular weight is 221 g/mol. The molecule has 1 aromatic heterocycles. The zero-order valence-corrected chi connectivity index (χ0v) is 10.3. The molecule has 0 saturated carbocycles. The molecule has 1 nitrogen and oxygen atoms in total. The second kappa shape index (κ2) is 3.60. The van der Waals surface area contributed by atoms with Crippen LogP contribution in [-0.2, 0) is 12.8 Å². The van der Waals surface area contributed by atoms with Gasteiger partial charge < -0.3 is 0 Å². The van der Waals surface area contributed by atoms with Crippen LogP contribution in [0.1, 0.15) is 36.6 Å². The van der Waals surface area contributed by atoms with Crippen LogP contribution in [0.25, 0.3) is 0 Å². The Balaban J connectivity index is 1.84. The summed E-state index contributed by atoms with van der Waals surface area (Å²) in [7, 11) is 0. The van der Waals surface area contributed by atoms with Gasteiger partial charge in [-0.2, -0.15) is 0 Å². The Hall–Kier alpha value is -0.340. The summed E-state index contributed by atoms with van der Waals surface area (Å²) in [5.74, 6) is 0. The monoisotopic (exact) mass is 221 g/mol. The van der Waals surface area contributed by atoms with Crippen LogP contribution in [0.4, 0.5) is 0 Å². The minimum atomic E-state index is 0.467. The van der Waals surface area contributed by atoms with Gasteiger partial charge in [0, 0.05) is 16.8 Å². The molecule has 15 heavy (non-hydrogen) atoms. The van der Waals surface area contributed by atoms with Crippen molar-refractivity contribution in [2.24, 2.45) is 0 Å². The van der Waals surface area contributed by atoms with E-state index in [1.54, 1.807) is 10.4 Å². The molecule has 1 aromatic rings. The Kier molecular flexibility index (Phi) is 2.37. The van der Waals surface area contributed by atoms with E-state index in [0.717, 1.165) is 0 Å². The van der Waals surface area contributed by atoms with Gasteiger partial charge in [0.1, 0.15) is 0 Å². The third-order valence-corrected chi connectivity index (χ3v) is 5.14. The molecule has 2 heteroatoms. The number of rotatable bonds is 1. The van der Waals surface area contributed by atoms with Crippen LogP contribution in [0.3, 0.4) is 0 Å². The molecule has 1 aliphatic heterocycles. The van der Waals surface area contributed by atoms with Crippen LogP contribution in [0, 0.1) is 0 Å². The van der Waals surface area contributed by atoms with E-state index in [1.807, 2.05) is 11.3 Å². The Morgan fingerprint density at radius 2 is 2.13 bits per heavy atom. The minimum Gasteiger partial charge on any atom is -0.298 e. The smallest absolute Gasteiger partial charge is 0.0232 e. The molecule has 1 saturated heterocycles. The van der Waals surface area contributed by atoms with Gasteiger partial charge in [-0.1, -0.05) is 0 Å². The second-order valence-corrected chi connectivity index (χ2v) is 6.24. The minimum absolute atomic E-state index is 0.467. The zero-order valence-electron chi connectivity index (χ0n) is 9.46. The van der Waals surface area contributed by atoms with Gasteiger partial charge in [-0.25, -0.2) is 0 Å². The SMILES string of the molecule is CC1(N2CCCC2)CCc2ccsc2C1. The average Bonchev–Trinajstić information content (AvgIpc) is 2.87. The normalized spacial score (nSPS) is 31.8. The second-order valence-electron chi connectivity index (χ2n) is 5.24. The van der Waals surface area contributed by atoms with E-state index in [0.29, 0.717) is 5.54 Å². The number of likely N-dealkylation sites (tertiary alicyclic amines) is 1. The van der Waals surface area contributed by atoms with Crippen LogP contribution in [0.15, 0.2) is 11.4 Å². The first-order valence-corrected chi connectivity index (χ1v) is 6.96. The molecular formula is C13H19NS. The lowest BCUT2D eigenvalue weighted by molar-refractivity contribution is 0.119. The molecule has 1 fully saturated rings. The first kappa shape index (κ1) is 9.86. The molecule has 2 aliphatic rings. The molecule has 0 N–H and O–H groups in total. The highest BCUT2D eigenvalue weighted by molar-refractivity contribution is 7.10. The predicted octanol–water partition coefficient (Wildman–Crippen LogP) is 3.09. The van der Waals surface area contributed by atoms with Crippen molar-refractivity contribution in [3.63, 3.8) is 0 Å². The van der Waals surface area contributed by atoms with Crippen LogP contribution < -0.4 is 0 Å². The van der Waals surface area contributed by atoms with Gasteiger partial charge in [0.15, 0.2) is 0 Å². The Morgan fingerprint density at radius 1 is 1.33 bits per heavy atom. The molecule has 0 bridgehead atoms. The van der Waals surface area contributed by atoms with Crippen molar-refractivity contribution >= 4 is 11.3 Å². The lowest BCUT2D eigenvalue weighted by Gasteiger charge is -2.41. The van der Waals surface area contributed by atoms with E-state index in [1.165, 1.54) is 45.2 Å². The van der Waals surface area contributed by atoms with Gasteiger partial charge in [-0.15, -0.1) is 11.3 Å². The Labute approximate surface area is 96.1 Å². The molecule has 0 aromatic carbocycles. The van der Waals surface area contributed by atoms with Gasteiger partial charge >= 0.3 is 0 Å². The summed E-state index contributed by atoms with van der Waals surface area (Å²) in [5.41, 5.74) is 2.09. The summed E-state index contributed by atoms with van der Waals surface area (Å²) >= 11 is 1.96. The summed E-state index contributed by atoms with van der Waals surface area (Å²) in [6, 6.07) is 2.32. The van der Waals surface area contributed by atoms with Crippen molar-refractivity contribution in [1.82, 2.24) is 4.90 Å². The molecule has 3 rings (SSSR count). The summed E-state index contributed by atoms with van der Waals surface area (Å²) in [4.78, 5) is 4.38. The molecule has 82 valence electrons. The van der Waals surface area contributed by atoms with E-state index >= 15 is 0 Å². The van der Waals surface area contributed by atoms with Crippen molar-refractivity contribution in [2.75, 3.05) is 13.1 Å². The predicted molar refractivity (Wildman–Crippen MR) is 65.6 cm³/mol. The van der Waals surface area contributed by atoms with Crippen LogP contribution in [0.2, 0.25) is 0 Å². The maximum absolute atomic E-state index is 2.73. The van der Waals surface area contributed by atoms with Gasteiger partial charge in [-0.3, -0.25) is 4.90 Å². The first-order chi connectivity index (χ1) is 7.28. The molecule has 1 unspecified atom stereocenters. The van der Waals surface area contributed by atoms with Crippen molar-refractivity contribution in [2.45, 2.75) is 44.6 Å². The number of nitrogens with zero attached hydrogens (tertiary/aromatic N) is 1. The van der Waals surface area contributed by atoms with Gasteiger partial charge in [0.2, 0.25) is 0 Å². The number of hydrogen-bond acceptors (Lipinski definition) is 2. The summed E-state index contributed by atoms with van der Waals surface area (Å²) < 4.78 is 0. The molecule has 1 aliphatic carbocycles. The quantitative estimate of drug-likeness (QED) is 0.704. The van der Waals surface area contributed by atoms with Gasteiger partial charge in [0.05, 0.1) is 0 Å². The molecular weight excluding hydrogens is 202 g/mol. The third-order valence-electron chi connectivity index (χ3n) is 4.18. The van der Waals surface area contributed by atoms with Gasteiger partial charge in [0.25, 0.3) is 0 Å². The molecule has 0 amide bonds. The van der Waals surface area contributed by atoms with Crippen molar-refractivity contribution in [3.05, 3.63) is 21.9 Å². The van der Waals surface area contributed by atoms with Gasteiger partial charge in [-0.05, 0) is 62.7 Å². The number of aryl methyl sites for hydroxylation is 1. The third kappa shape index (κ3) is 1.64. The summed E-state index contributed by atoms with van der Waals surface area (Å²) in [6.07, 6.45) is 6.77. The van der Waals surface area contributed by atoms with E-state index in [-0.39, 0.29) is 0 Å². The maximum atomic E-state index is 2.73. The van der Waals surface area contributed by atoms with Crippen LogP contribution in [0.5, 0.6) is 0 Å². The van der Waals surface area contributed by atoms with Crippen molar-refractivity contribution in [1.29, 1.82) is 0 Å².